The molecule has 0 fully saturated rings. The van der Waals surface area contributed by atoms with Gasteiger partial charge in [0.1, 0.15) is 11.6 Å². The summed E-state index contributed by atoms with van der Waals surface area (Å²) in [6.45, 7) is 5.91. The summed E-state index contributed by atoms with van der Waals surface area (Å²) in [5, 5.41) is 6.77. The van der Waals surface area contributed by atoms with Crippen LogP contribution in [0.3, 0.4) is 0 Å². The maximum Gasteiger partial charge on any atom is 0.163 e. The van der Waals surface area contributed by atoms with Crippen molar-refractivity contribution >= 4 is 11.6 Å². The van der Waals surface area contributed by atoms with Gasteiger partial charge < -0.3 is 10.6 Å². The summed E-state index contributed by atoms with van der Waals surface area (Å²) in [6, 6.07) is 16.0. The van der Waals surface area contributed by atoms with Crippen molar-refractivity contribution in [2.24, 2.45) is 5.92 Å². The van der Waals surface area contributed by atoms with Crippen molar-refractivity contribution in [1.82, 2.24) is 15.0 Å². The van der Waals surface area contributed by atoms with E-state index in [1.54, 1.807) is 12.4 Å². The Hall–Kier alpha value is -2.95. The van der Waals surface area contributed by atoms with E-state index in [2.05, 4.69) is 39.4 Å². The highest BCUT2D eigenvalue weighted by molar-refractivity contribution is 5.61. The van der Waals surface area contributed by atoms with E-state index in [4.69, 9.17) is 0 Å². The van der Waals surface area contributed by atoms with Gasteiger partial charge >= 0.3 is 0 Å². The zero-order valence-electron chi connectivity index (χ0n) is 14.6. The second-order valence-electron chi connectivity index (χ2n) is 6.31. The van der Waals surface area contributed by atoms with Crippen molar-refractivity contribution < 1.29 is 0 Å². The molecule has 2 heterocycles. The average Bonchev–Trinajstić information content (AvgIpc) is 2.66. The summed E-state index contributed by atoms with van der Waals surface area (Å²) >= 11 is 0. The van der Waals surface area contributed by atoms with E-state index in [1.165, 1.54) is 0 Å². The molecule has 0 atom stereocenters. The molecule has 3 aromatic rings. The first-order valence-electron chi connectivity index (χ1n) is 8.52. The third-order valence-corrected chi connectivity index (χ3v) is 3.67. The van der Waals surface area contributed by atoms with Gasteiger partial charge in [-0.1, -0.05) is 44.2 Å². The Kier molecular flexibility index (Phi) is 5.57. The number of aromatic nitrogens is 3. The van der Waals surface area contributed by atoms with Gasteiger partial charge in [-0.15, -0.1) is 0 Å². The Bertz CT molecular complexity index is 788. The van der Waals surface area contributed by atoms with Crippen molar-refractivity contribution in [1.29, 1.82) is 0 Å². The number of hydrogen-bond acceptors (Lipinski definition) is 5. The van der Waals surface area contributed by atoms with Crippen LogP contribution in [0.1, 0.15) is 19.4 Å². The zero-order valence-corrected chi connectivity index (χ0v) is 14.6. The molecule has 5 heteroatoms. The highest BCUT2D eigenvalue weighted by Gasteiger charge is 2.07. The summed E-state index contributed by atoms with van der Waals surface area (Å²) in [6.07, 6.45) is 3.59. The first-order valence-corrected chi connectivity index (χ1v) is 8.52. The standard InChI is InChI=1S/C20H23N5/c1-15(2)13-22-18-12-19(23-14-16-8-10-21-11-9-16)25-20(24-18)17-6-4-3-5-7-17/h3-12,15H,13-14H2,1-2H3,(H2,22,23,24,25). The molecular weight excluding hydrogens is 310 g/mol. The predicted molar refractivity (Wildman–Crippen MR) is 102 cm³/mol. The van der Waals surface area contributed by atoms with Gasteiger partial charge in [-0.05, 0) is 23.6 Å². The Morgan fingerprint density at radius 3 is 2.24 bits per heavy atom. The number of nitrogens with one attached hydrogen (secondary N) is 2. The van der Waals surface area contributed by atoms with E-state index in [9.17, 15) is 0 Å². The molecular formula is C20H23N5. The van der Waals surface area contributed by atoms with Crippen LogP contribution in [0.2, 0.25) is 0 Å². The summed E-state index contributed by atoms with van der Waals surface area (Å²) in [5.74, 6) is 2.90. The fourth-order valence-electron chi connectivity index (χ4n) is 2.35. The lowest BCUT2D eigenvalue weighted by atomic mass is 10.2. The van der Waals surface area contributed by atoms with Crippen LogP contribution in [0.5, 0.6) is 0 Å². The van der Waals surface area contributed by atoms with Crippen LogP contribution in [0, 0.1) is 5.92 Å². The lowest BCUT2D eigenvalue weighted by Crippen LogP contribution is -2.11. The Morgan fingerprint density at radius 2 is 1.56 bits per heavy atom. The van der Waals surface area contributed by atoms with Gasteiger partial charge in [-0.2, -0.15) is 0 Å². The molecule has 0 aliphatic heterocycles. The van der Waals surface area contributed by atoms with E-state index in [0.717, 1.165) is 29.3 Å². The van der Waals surface area contributed by atoms with Crippen LogP contribution in [0.25, 0.3) is 11.4 Å². The molecule has 2 aromatic heterocycles. The molecule has 0 spiro atoms. The van der Waals surface area contributed by atoms with Crippen molar-refractivity contribution in [3.63, 3.8) is 0 Å². The molecule has 1 aromatic carbocycles. The minimum atomic E-state index is 0.545. The minimum absolute atomic E-state index is 0.545. The van der Waals surface area contributed by atoms with E-state index in [0.29, 0.717) is 18.3 Å². The maximum absolute atomic E-state index is 4.67. The van der Waals surface area contributed by atoms with E-state index >= 15 is 0 Å². The van der Waals surface area contributed by atoms with Gasteiger partial charge in [0, 0.05) is 37.1 Å². The van der Waals surface area contributed by atoms with Crippen molar-refractivity contribution in [2.45, 2.75) is 20.4 Å². The zero-order chi connectivity index (χ0) is 17.5. The van der Waals surface area contributed by atoms with Gasteiger partial charge in [-0.3, -0.25) is 4.98 Å². The topological polar surface area (TPSA) is 62.7 Å². The first-order chi connectivity index (χ1) is 12.2. The van der Waals surface area contributed by atoms with Crippen LogP contribution in [-0.4, -0.2) is 21.5 Å². The molecule has 5 nitrogen and oxygen atoms in total. The SMILES string of the molecule is CC(C)CNc1cc(NCc2ccncc2)nc(-c2ccccc2)n1. The largest absolute Gasteiger partial charge is 0.370 e. The lowest BCUT2D eigenvalue weighted by molar-refractivity contribution is 0.687. The number of pyridine rings is 1. The van der Waals surface area contributed by atoms with Crippen LogP contribution < -0.4 is 10.6 Å². The van der Waals surface area contributed by atoms with Crippen LogP contribution in [0.15, 0.2) is 60.9 Å². The van der Waals surface area contributed by atoms with E-state index in [-0.39, 0.29) is 0 Å². The number of anilines is 2. The highest BCUT2D eigenvalue weighted by atomic mass is 15.1. The highest BCUT2D eigenvalue weighted by Crippen LogP contribution is 2.20. The number of nitrogens with zero attached hydrogens (tertiary/aromatic N) is 3. The molecule has 0 radical (unpaired) electrons. The molecule has 3 rings (SSSR count). The molecule has 0 saturated carbocycles. The molecule has 25 heavy (non-hydrogen) atoms. The summed E-state index contributed by atoms with van der Waals surface area (Å²) < 4.78 is 0. The second kappa shape index (κ2) is 8.24. The third kappa shape index (κ3) is 5.01. The fourth-order valence-corrected chi connectivity index (χ4v) is 2.35. The third-order valence-electron chi connectivity index (χ3n) is 3.67. The molecule has 0 bridgehead atoms. The van der Waals surface area contributed by atoms with Crippen LogP contribution >= 0.6 is 0 Å². The van der Waals surface area contributed by atoms with Gasteiger partial charge in [0.25, 0.3) is 0 Å². The molecule has 128 valence electrons. The second-order valence-corrected chi connectivity index (χ2v) is 6.31. The monoisotopic (exact) mass is 333 g/mol. The van der Waals surface area contributed by atoms with Gasteiger partial charge in [0.15, 0.2) is 5.82 Å². The van der Waals surface area contributed by atoms with E-state index in [1.807, 2.05) is 48.5 Å². The Morgan fingerprint density at radius 1 is 0.880 bits per heavy atom. The summed E-state index contributed by atoms with van der Waals surface area (Å²) in [4.78, 5) is 13.4. The normalized spacial score (nSPS) is 10.7. The minimum Gasteiger partial charge on any atom is -0.370 e. The van der Waals surface area contributed by atoms with Crippen molar-refractivity contribution in [3.8, 4) is 11.4 Å². The van der Waals surface area contributed by atoms with E-state index < -0.39 is 0 Å². The lowest BCUT2D eigenvalue weighted by Gasteiger charge is -2.13. The Labute approximate surface area is 148 Å². The molecule has 0 aliphatic rings. The number of rotatable bonds is 7. The number of benzene rings is 1. The maximum atomic E-state index is 4.67. The molecule has 0 aliphatic carbocycles. The first kappa shape index (κ1) is 16.9. The molecule has 0 amide bonds. The molecule has 2 N–H and O–H groups in total. The fraction of sp³-hybridized carbons (Fsp3) is 0.250. The van der Waals surface area contributed by atoms with Gasteiger partial charge in [0.05, 0.1) is 0 Å². The van der Waals surface area contributed by atoms with Crippen LogP contribution in [-0.2, 0) is 6.54 Å². The smallest absolute Gasteiger partial charge is 0.163 e. The van der Waals surface area contributed by atoms with Crippen LogP contribution in [0.4, 0.5) is 11.6 Å². The summed E-state index contributed by atoms with van der Waals surface area (Å²) in [7, 11) is 0. The predicted octanol–water partition coefficient (Wildman–Crippen LogP) is 4.22. The van der Waals surface area contributed by atoms with Gasteiger partial charge in [0.2, 0.25) is 0 Å². The molecule has 0 saturated heterocycles. The average molecular weight is 333 g/mol. The number of hydrogen-bond donors (Lipinski definition) is 2. The van der Waals surface area contributed by atoms with Gasteiger partial charge in [-0.25, -0.2) is 9.97 Å². The Balaban J connectivity index is 1.83. The quantitative estimate of drug-likeness (QED) is 0.678. The summed E-state index contributed by atoms with van der Waals surface area (Å²) in [5.41, 5.74) is 2.16. The van der Waals surface area contributed by atoms with Crippen molar-refractivity contribution in [2.75, 3.05) is 17.2 Å². The molecule has 0 unspecified atom stereocenters. The van der Waals surface area contributed by atoms with Crippen molar-refractivity contribution in [3.05, 3.63) is 66.5 Å².